The second-order valence-corrected chi connectivity index (χ2v) is 13.9. The summed E-state index contributed by atoms with van der Waals surface area (Å²) in [5, 5.41) is 0. The van der Waals surface area contributed by atoms with Gasteiger partial charge in [-0.2, -0.15) is 0 Å². The number of nitrogens with zero attached hydrogens (tertiary/aromatic N) is 6. The summed E-state index contributed by atoms with van der Waals surface area (Å²) in [6.45, 7) is 0. The Hall–Kier alpha value is -7.09. The normalized spacial score (nSPS) is 11.0. The van der Waals surface area contributed by atoms with Crippen molar-refractivity contribution in [3.05, 3.63) is 194 Å². The molecule has 2 heterocycles. The smallest absolute Gasteiger partial charge is 0.164 e. The maximum atomic E-state index is 4.95. The van der Waals surface area contributed by atoms with Crippen LogP contribution in [0.4, 0.5) is 0 Å². The van der Waals surface area contributed by atoms with Gasteiger partial charge in [0.15, 0.2) is 34.9 Å². The second-order valence-electron chi connectivity index (χ2n) is 12.8. The van der Waals surface area contributed by atoms with Crippen molar-refractivity contribution in [2.24, 2.45) is 0 Å². The zero-order valence-electron chi connectivity index (χ0n) is 29.6. The number of hydrogen-bond donors (Lipinski definition) is 0. The van der Waals surface area contributed by atoms with Gasteiger partial charge in [-0.3, -0.25) is 0 Å². The van der Waals surface area contributed by atoms with E-state index >= 15 is 0 Å². The predicted octanol–water partition coefficient (Wildman–Crippen LogP) is 11.9. The molecule has 0 atom stereocenters. The van der Waals surface area contributed by atoms with Gasteiger partial charge in [-0.25, -0.2) is 29.9 Å². The number of benzene rings is 7. The first-order valence-corrected chi connectivity index (χ1v) is 18.8. The minimum Gasteiger partial charge on any atom is -0.208 e. The lowest BCUT2D eigenvalue weighted by atomic mass is 10.0. The molecule has 0 saturated carbocycles. The van der Waals surface area contributed by atoms with Crippen LogP contribution in [0.3, 0.4) is 0 Å². The molecule has 7 heteroatoms. The highest BCUT2D eigenvalue weighted by Crippen LogP contribution is 2.38. The fourth-order valence-electron chi connectivity index (χ4n) is 6.29. The molecule has 0 radical (unpaired) electrons. The van der Waals surface area contributed by atoms with Gasteiger partial charge in [-0.15, -0.1) is 0 Å². The van der Waals surface area contributed by atoms with Crippen LogP contribution in [0.5, 0.6) is 0 Å². The van der Waals surface area contributed by atoms with Crippen LogP contribution in [0.25, 0.3) is 79.5 Å². The molecule has 55 heavy (non-hydrogen) atoms. The van der Waals surface area contributed by atoms with Crippen molar-refractivity contribution < 1.29 is 0 Å². The average molecular weight is 725 g/mol. The molecule has 6 nitrogen and oxygen atoms in total. The van der Waals surface area contributed by atoms with Crippen LogP contribution < -0.4 is 0 Å². The van der Waals surface area contributed by atoms with Crippen LogP contribution in [-0.4, -0.2) is 29.9 Å². The van der Waals surface area contributed by atoms with Crippen LogP contribution >= 0.6 is 11.8 Å². The summed E-state index contributed by atoms with van der Waals surface area (Å²) in [4.78, 5) is 31.6. The fourth-order valence-corrected chi connectivity index (χ4v) is 7.32. The van der Waals surface area contributed by atoms with Crippen LogP contribution in [0.15, 0.2) is 204 Å². The van der Waals surface area contributed by atoms with Crippen molar-refractivity contribution in [2.75, 3.05) is 0 Å². The van der Waals surface area contributed by atoms with Crippen molar-refractivity contribution in [2.45, 2.75) is 9.79 Å². The molecule has 9 aromatic rings. The maximum Gasteiger partial charge on any atom is 0.164 e. The van der Waals surface area contributed by atoms with E-state index in [0.717, 1.165) is 54.3 Å². The van der Waals surface area contributed by atoms with Gasteiger partial charge in [0.1, 0.15) is 0 Å². The topological polar surface area (TPSA) is 77.3 Å². The quantitative estimate of drug-likeness (QED) is 0.147. The zero-order valence-corrected chi connectivity index (χ0v) is 30.4. The second kappa shape index (κ2) is 15.5. The Bertz CT molecular complexity index is 2590. The summed E-state index contributed by atoms with van der Waals surface area (Å²) in [5.74, 6) is 3.82. The van der Waals surface area contributed by atoms with E-state index in [1.165, 1.54) is 0 Å². The monoisotopic (exact) mass is 724 g/mol. The van der Waals surface area contributed by atoms with E-state index in [1.807, 2.05) is 121 Å². The third-order valence-corrected chi connectivity index (χ3v) is 10.1. The molecule has 0 bridgehead atoms. The molecule has 0 fully saturated rings. The Labute approximate surface area is 323 Å². The fraction of sp³-hybridized carbons (Fsp3) is 0. The van der Waals surface area contributed by atoms with Gasteiger partial charge >= 0.3 is 0 Å². The molecule has 0 saturated heterocycles. The van der Waals surface area contributed by atoms with Crippen molar-refractivity contribution >= 4 is 11.8 Å². The Kier molecular flexibility index (Phi) is 9.49. The largest absolute Gasteiger partial charge is 0.208 e. The highest BCUT2D eigenvalue weighted by atomic mass is 32.2. The van der Waals surface area contributed by atoms with E-state index in [-0.39, 0.29) is 0 Å². The third-order valence-electron chi connectivity index (χ3n) is 9.06. The molecule has 0 aliphatic carbocycles. The summed E-state index contributed by atoms with van der Waals surface area (Å²) < 4.78 is 0. The van der Waals surface area contributed by atoms with Gasteiger partial charge < -0.3 is 0 Å². The Balaban J connectivity index is 1.03. The van der Waals surface area contributed by atoms with Crippen molar-refractivity contribution in [3.8, 4) is 79.5 Å². The molecule has 7 aromatic carbocycles. The lowest BCUT2D eigenvalue weighted by Crippen LogP contribution is -2.00. The SMILES string of the molecule is c1ccc(-c2nc(-c3ccccc3)nc(-c3ccc(-c4ccccc4Sc4cccc(-c5nc(-c6ccccc6)nc(-c6ccccc6)n5)c4)cc3)n2)cc1. The minimum absolute atomic E-state index is 0.628. The molecule has 0 unspecified atom stereocenters. The lowest BCUT2D eigenvalue weighted by Gasteiger charge is -2.12. The lowest BCUT2D eigenvalue weighted by molar-refractivity contribution is 1.07. The first-order chi connectivity index (χ1) is 27.2. The van der Waals surface area contributed by atoms with Gasteiger partial charge in [0.2, 0.25) is 0 Å². The van der Waals surface area contributed by atoms with Crippen LogP contribution in [0, 0.1) is 0 Å². The van der Waals surface area contributed by atoms with E-state index < -0.39 is 0 Å². The zero-order chi connectivity index (χ0) is 36.8. The Morgan fingerprint density at radius 2 is 0.582 bits per heavy atom. The van der Waals surface area contributed by atoms with E-state index in [4.69, 9.17) is 29.9 Å². The van der Waals surface area contributed by atoms with E-state index in [2.05, 4.69) is 72.8 Å². The van der Waals surface area contributed by atoms with Gasteiger partial charge in [-0.1, -0.05) is 188 Å². The van der Waals surface area contributed by atoms with Crippen molar-refractivity contribution in [3.63, 3.8) is 0 Å². The molecule has 0 N–H and O–H groups in total. The van der Waals surface area contributed by atoms with E-state index in [9.17, 15) is 0 Å². The summed E-state index contributed by atoms with van der Waals surface area (Å²) in [5.41, 5.74) is 7.84. The highest BCUT2D eigenvalue weighted by molar-refractivity contribution is 7.99. The highest BCUT2D eigenvalue weighted by Gasteiger charge is 2.15. The number of rotatable bonds is 9. The summed E-state index contributed by atoms with van der Waals surface area (Å²) in [6.07, 6.45) is 0. The van der Waals surface area contributed by atoms with Gasteiger partial charge in [0, 0.05) is 43.2 Å². The molecule has 9 rings (SSSR count). The molecule has 0 aliphatic rings. The predicted molar refractivity (Wildman–Crippen MR) is 222 cm³/mol. The minimum atomic E-state index is 0.628. The molecule has 2 aromatic heterocycles. The Morgan fingerprint density at radius 1 is 0.255 bits per heavy atom. The maximum absolute atomic E-state index is 4.95. The first kappa shape index (κ1) is 33.7. The van der Waals surface area contributed by atoms with E-state index in [0.29, 0.717) is 34.9 Å². The molecule has 0 spiro atoms. The standard InChI is InChI=1S/C48H32N6S/c1-5-16-34(17-6-1)43-49-44(35-18-7-2-8-19-35)52-47(51-43)38-30-28-33(29-31-38)41-26-13-14-27-42(41)55-40-25-15-24-39(32-40)48-53-45(36-20-9-3-10-21-36)50-46(54-48)37-22-11-4-12-23-37/h1-32H. The number of aromatic nitrogens is 6. The van der Waals surface area contributed by atoms with Crippen LogP contribution in [-0.2, 0) is 0 Å². The van der Waals surface area contributed by atoms with Crippen LogP contribution in [0.1, 0.15) is 0 Å². The van der Waals surface area contributed by atoms with Gasteiger partial charge in [0.25, 0.3) is 0 Å². The van der Waals surface area contributed by atoms with E-state index in [1.54, 1.807) is 11.8 Å². The summed E-state index contributed by atoms with van der Waals surface area (Å²) in [6, 6.07) is 65.5. The van der Waals surface area contributed by atoms with Crippen molar-refractivity contribution in [1.82, 2.24) is 29.9 Å². The molecule has 260 valence electrons. The number of hydrogen-bond acceptors (Lipinski definition) is 7. The molecular formula is C48H32N6S. The summed E-state index contributed by atoms with van der Waals surface area (Å²) >= 11 is 1.71. The van der Waals surface area contributed by atoms with Crippen molar-refractivity contribution in [1.29, 1.82) is 0 Å². The average Bonchev–Trinajstić information content (AvgIpc) is 3.28. The molecule has 0 amide bonds. The molecular weight excluding hydrogens is 693 g/mol. The van der Waals surface area contributed by atoms with Gasteiger partial charge in [-0.05, 0) is 29.3 Å². The van der Waals surface area contributed by atoms with Crippen LogP contribution in [0.2, 0.25) is 0 Å². The summed E-state index contributed by atoms with van der Waals surface area (Å²) in [7, 11) is 0. The van der Waals surface area contributed by atoms with Gasteiger partial charge in [0.05, 0.1) is 0 Å². The first-order valence-electron chi connectivity index (χ1n) is 18.0. The third kappa shape index (κ3) is 7.55. The molecule has 0 aliphatic heterocycles. The Morgan fingerprint density at radius 3 is 1.02 bits per heavy atom.